The van der Waals surface area contributed by atoms with Crippen molar-refractivity contribution in [3.05, 3.63) is 35.9 Å². The predicted octanol–water partition coefficient (Wildman–Crippen LogP) is 0.514. The Bertz CT molecular complexity index is 299. The maximum atomic E-state index is 10.4. The molecule has 88 valence electrons. The average molecular weight is 224 g/mol. The highest BCUT2D eigenvalue weighted by atomic mass is 16.5. The maximum Gasteiger partial charge on any atom is 0.122 e. The summed E-state index contributed by atoms with van der Waals surface area (Å²) in [4.78, 5) is 10.4. The second kappa shape index (κ2) is 7.11. The zero-order valence-electron chi connectivity index (χ0n) is 8.95. The molecule has 1 rings (SSSR count). The van der Waals surface area contributed by atoms with E-state index in [2.05, 4.69) is 0 Å². The molecule has 0 aromatic heterocycles. The number of aldehydes is 1. The van der Waals surface area contributed by atoms with Gasteiger partial charge in [0.05, 0.1) is 19.3 Å². The fraction of sp³-hybridized carbons (Fsp3) is 0.417. The molecular formula is C12H16O4. The molecule has 0 fully saturated rings. The van der Waals surface area contributed by atoms with Crippen LogP contribution in [0.25, 0.3) is 0 Å². The molecule has 1 aromatic carbocycles. The third-order valence-corrected chi connectivity index (χ3v) is 2.25. The maximum absolute atomic E-state index is 10.4. The Kier molecular flexibility index (Phi) is 5.71. The van der Waals surface area contributed by atoms with Crippen molar-refractivity contribution in [1.82, 2.24) is 0 Å². The van der Waals surface area contributed by atoms with Gasteiger partial charge in [-0.1, -0.05) is 30.3 Å². The van der Waals surface area contributed by atoms with Gasteiger partial charge in [-0.2, -0.15) is 0 Å². The van der Waals surface area contributed by atoms with Crippen LogP contribution < -0.4 is 0 Å². The van der Waals surface area contributed by atoms with Crippen LogP contribution in [0.3, 0.4) is 0 Å². The summed E-state index contributed by atoms with van der Waals surface area (Å²) in [5, 5.41) is 18.2. The lowest BCUT2D eigenvalue weighted by molar-refractivity contribution is -0.116. The summed E-state index contributed by atoms with van der Waals surface area (Å²) in [6.07, 6.45) is -0.917. The summed E-state index contributed by atoms with van der Waals surface area (Å²) in [7, 11) is 0. The van der Waals surface area contributed by atoms with Gasteiger partial charge in [-0.05, 0) is 5.56 Å². The number of rotatable bonds is 7. The molecule has 0 aliphatic heterocycles. The van der Waals surface area contributed by atoms with E-state index in [1.165, 1.54) is 0 Å². The standard InChI is InChI=1S/C12H16O4/c13-7-6-12(11(15)8-14)16-9-10-4-2-1-3-5-10/h1-5,7,11-12,14-15H,6,8-9H2/t11-,12+/m0/s1. The van der Waals surface area contributed by atoms with Crippen molar-refractivity contribution in [2.75, 3.05) is 6.61 Å². The molecule has 16 heavy (non-hydrogen) atoms. The lowest BCUT2D eigenvalue weighted by Gasteiger charge is -2.19. The van der Waals surface area contributed by atoms with Crippen molar-refractivity contribution in [2.24, 2.45) is 0 Å². The smallest absolute Gasteiger partial charge is 0.122 e. The highest BCUT2D eigenvalue weighted by molar-refractivity contribution is 5.50. The fourth-order valence-corrected chi connectivity index (χ4v) is 1.33. The Morgan fingerprint density at radius 2 is 2.00 bits per heavy atom. The number of aliphatic hydroxyl groups excluding tert-OH is 2. The molecule has 0 bridgehead atoms. The van der Waals surface area contributed by atoms with Crippen LogP contribution in [0.2, 0.25) is 0 Å². The zero-order valence-corrected chi connectivity index (χ0v) is 8.95. The first kappa shape index (κ1) is 12.8. The van der Waals surface area contributed by atoms with Crippen LogP contribution in [-0.4, -0.2) is 35.3 Å². The van der Waals surface area contributed by atoms with Gasteiger partial charge in [0, 0.05) is 6.42 Å². The monoisotopic (exact) mass is 224 g/mol. The zero-order chi connectivity index (χ0) is 11.8. The topological polar surface area (TPSA) is 66.8 Å². The molecule has 0 heterocycles. The van der Waals surface area contributed by atoms with Crippen LogP contribution in [0.4, 0.5) is 0 Å². The fourth-order valence-electron chi connectivity index (χ4n) is 1.33. The van der Waals surface area contributed by atoms with Crippen LogP contribution in [0.1, 0.15) is 12.0 Å². The van der Waals surface area contributed by atoms with Gasteiger partial charge in [-0.3, -0.25) is 0 Å². The summed E-state index contributed by atoms with van der Waals surface area (Å²) in [6, 6.07) is 9.45. The summed E-state index contributed by atoms with van der Waals surface area (Å²) >= 11 is 0. The molecule has 0 spiro atoms. The Balaban J connectivity index is 2.46. The second-order valence-electron chi connectivity index (χ2n) is 3.49. The first-order valence-corrected chi connectivity index (χ1v) is 5.16. The first-order chi connectivity index (χ1) is 7.77. The van der Waals surface area contributed by atoms with Crippen LogP contribution in [-0.2, 0) is 16.1 Å². The van der Waals surface area contributed by atoms with E-state index in [-0.39, 0.29) is 6.42 Å². The van der Waals surface area contributed by atoms with E-state index in [0.717, 1.165) is 5.56 Å². The van der Waals surface area contributed by atoms with Gasteiger partial charge in [-0.25, -0.2) is 0 Å². The largest absolute Gasteiger partial charge is 0.394 e. The molecule has 0 aliphatic rings. The van der Waals surface area contributed by atoms with Crippen LogP contribution >= 0.6 is 0 Å². The lowest BCUT2D eigenvalue weighted by atomic mass is 10.1. The Hall–Kier alpha value is -1.23. The molecule has 1 aromatic rings. The molecular weight excluding hydrogens is 208 g/mol. The molecule has 0 saturated heterocycles. The van der Waals surface area contributed by atoms with E-state index in [1.807, 2.05) is 30.3 Å². The molecule has 0 aliphatic carbocycles. The van der Waals surface area contributed by atoms with Crippen molar-refractivity contribution in [1.29, 1.82) is 0 Å². The van der Waals surface area contributed by atoms with Gasteiger partial charge in [0.15, 0.2) is 0 Å². The van der Waals surface area contributed by atoms with E-state index in [4.69, 9.17) is 9.84 Å². The Morgan fingerprint density at radius 3 is 2.56 bits per heavy atom. The molecule has 4 heteroatoms. The second-order valence-corrected chi connectivity index (χ2v) is 3.49. The normalized spacial score (nSPS) is 14.4. The predicted molar refractivity (Wildman–Crippen MR) is 58.8 cm³/mol. The molecule has 0 unspecified atom stereocenters. The third kappa shape index (κ3) is 4.10. The lowest BCUT2D eigenvalue weighted by Crippen LogP contribution is -2.32. The summed E-state index contributed by atoms with van der Waals surface area (Å²) < 4.78 is 5.38. The van der Waals surface area contributed by atoms with Gasteiger partial charge in [-0.15, -0.1) is 0 Å². The van der Waals surface area contributed by atoms with E-state index in [1.54, 1.807) is 0 Å². The molecule has 2 atom stereocenters. The molecule has 0 amide bonds. The Morgan fingerprint density at radius 1 is 1.31 bits per heavy atom. The summed E-state index contributed by atoms with van der Waals surface area (Å²) in [5.41, 5.74) is 0.962. The molecule has 0 saturated carbocycles. The Labute approximate surface area is 94.5 Å². The number of ether oxygens (including phenoxy) is 1. The summed E-state index contributed by atoms with van der Waals surface area (Å²) in [5.74, 6) is 0. The molecule has 2 N–H and O–H groups in total. The minimum absolute atomic E-state index is 0.0779. The van der Waals surface area contributed by atoms with Gasteiger partial charge in [0.2, 0.25) is 0 Å². The minimum Gasteiger partial charge on any atom is -0.394 e. The van der Waals surface area contributed by atoms with Crippen molar-refractivity contribution < 1.29 is 19.7 Å². The average Bonchev–Trinajstić information content (AvgIpc) is 2.34. The minimum atomic E-state index is -1.02. The number of hydrogen-bond donors (Lipinski definition) is 2. The SMILES string of the molecule is O=CC[C@@H](OCc1ccccc1)[C@@H](O)CO. The van der Waals surface area contributed by atoms with Gasteiger partial charge in [0.25, 0.3) is 0 Å². The number of hydrogen-bond acceptors (Lipinski definition) is 4. The number of carbonyl (C=O) groups is 1. The van der Waals surface area contributed by atoms with Gasteiger partial charge < -0.3 is 19.7 Å². The highest BCUT2D eigenvalue weighted by Gasteiger charge is 2.18. The van der Waals surface area contributed by atoms with Crippen LogP contribution in [0.5, 0.6) is 0 Å². The van der Waals surface area contributed by atoms with E-state index < -0.39 is 18.8 Å². The van der Waals surface area contributed by atoms with E-state index >= 15 is 0 Å². The van der Waals surface area contributed by atoms with Crippen LogP contribution in [0, 0.1) is 0 Å². The first-order valence-electron chi connectivity index (χ1n) is 5.16. The molecule has 0 radical (unpaired) electrons. The van der Waals surface area contributed by atoms with Crippen LogP contribution in [0.15, 0.2) is 30.3 Å². The number of benzene rings is 1. The van der Waals surface area contributed by atoms with Crippen molar-refractivity contribution in [2.45, 2.75) is 25.2 Å². The number of carbonyl (C=O) groups excluding carboxylic acids is 1. The molecule has 4 nitrogen and oxygen atoms in total. The van der Waals surface area contributed by atoms with Crippen molar-refractivity contribution in [3.63, 3.8) is 0 Å². The highest BCUT2D eigenvalue weighted by Crippen LogP contribution is 2.08. The summed E-state index contributed by atoms with van der Waals surface area (Å²) in [6.45, 7) is -0.0935. The van der Waals surface area contributed by atoms with Gasteiger partial charge in [0.1, 0.15) is 12.4 Å². The van der Waals surface area contributed by atoms with E-state index in [0.29, 0.717) is 12.9 Å². The van der Waals surface area contributed by atoms with Crippen molar-refractivity contribution >= 4 is 6.29 Å². The van der Waals surface area contributed by atoms with Crippen molar-refractivity contribution in [3.8, 4) is 0 Å². The van der Waals surface area contributed by atoms with E-state index in [9.17, 15) is 9.90 Å². The quantitative estimate of drug-likeness (QED) is 0.662. The van der Waals surface area contributed by atoms with Gasteiger partial charge >= 0.3 is 0 Å². The third-order valence-electron chi connectivity index (χ3n) is 2.25. The number of aliphatic hydroxyl groups is 2.